The van der Waals surface area contributed by atoms with Crippen molar-refractivity contribution >= 4 is 29.2 Å². The normalized spacial score (nSPS) is 13.9. The van der Waals surface area contributed by atoms with Gasteiger partial charge in [-0.05, 0) is 42.7 Å². The molecule has 2 aromatic carbocycles. The van der Waals surface area contributed by atoms with Gasteiger partial charge in [-0.3, -0.25) is 5.32 Å². The van der Waals surface area contributed by atoms with Crippen LogP contribution in [0.4, 0.5) is 26.7 Å². The molecular formula is C22H28N4O3. The van der Waals surface area contributed by atoms with Crippen LogP contribution in [0.2, 0.25) is 0 Å². The zero-order valence-electron chi connectivity index (χ0n) is 16.7. The third-order valence-corrected chi connectivity index (χ3v) is 4.94. The zero-order chi connectivity index (χ0) is 20.5. The number of nitrogens with one attached hydrogen (secondary N) is 3. The van der Waals surface area contributed by atoms with Crippen molar-refractivity contribution in [2.24, 2.45) is 0 Å². The molecular weight excluding hydrogens is 368 g/mol. The van der Waals surface area contributed by atoms with E-state index in [1.54, 1.807) is 12.1 Å². The molecule has 0 radical (unpaired) electrons. The van der Waals surface area contributed by atoms with E-state index in [2.05, 4.69) is 31.7 Å². The molecule has 29 heavy (non-hydrogen) atoms. The van der Waals surface area contributed by atoms with Crippen LogP contribution in [0.5, 0.6) is 0 Å². The van der Waals surface area contributed by atoms with Crippen molar-refractivity contribution in [3.05, 3.63) is 54.1 Å². The predicted molar refractivity (Wildman–Crippen MR) is 115 cm³/mol. The summed E-state index contributed by atoms with van der Waals surface area (Å²) in [7, 11) is 1.32. The smallest absolute Gasteiger partial charge is 0.411 e. The number of hydrogen-bond acceptors (Lipinski definition) is 4. The average molecular weight is 396 g/mol. The largest absolute Gasteiger partial charge is 0.453 e. The molecule has 0 aliphatic carbocycles. The fourth-order valence-corrected chi connectivity index (χ4v) is 3.39. The SMILES string of the molecule is COC(=O)Nc1ccc(CNC(=O)Nc2ccccc2N2CCCCCC2)cc1. The molecule has 0 atom stereocenters. The molecule has 0 unspecified atom stereocenters. The van der Waals surface area contributed by atoms with Crippen molar-refractivity contribution in [3.63, 3.8) is 0 Å². The summed E-state index contributed by atoms with van der Waals surface area (Å²) < 4.78 is 4.56. The van der Waals surface area contributed by atoms with Gasteiger partial charge in [0.15, 0.2) is 0 Å². The van der Waals surface area contributed by atoms with Crippen LogP contribution in [0.1, 0.15) is 31.2 Å². The summed E-state index contributed by atoms with van der Waals surface area (Å²) in [6.45, 7) is 2.43. The molecule has 0 bridgehead atoms. The van der Waals surface area contributed by atoms with Crippen LogP contribution < -0.4 is 20.9 Å². The highest BCUT2D eigenvalue weighted by Crippen LogP contribution is 2.27. The Morgan fingerprint density at radius 1 is 0.931 bits per heavy atom. The average Bonchev–Trinajstić information content (AvgIpc) is 3.03. The molecule has 1 aliphatic heterocycles. The van der Waals surface area contributed by atoms with Crippen LogP contribution >= 0.6 is 0 Å². The molecule has 1 aliphatic rings. The Kier molecular flexibility index (Phi) is 7.33. The summed E-state index contributed by atoms with van der Waals surface area (Å²) >= 11 is 0. The lowest BCUT2D eigenvalue weighted by Crippen LogP contribution is -2.30. The third-order valence-electron chi connectivity index (χ3n) is 4.94. The van der Waals surface area contributed by atoms with Gasteiger partial charge < -0.3 is 20.3 Å². The number of para-hydroxylation sites is 2. The monoisotopic (exact) mass is 396 g/mol. The number of anilines is 3. The number of rotatable bonds is 5. The molecule has 1 fully saturated rings. The number of carbonyl (C=O) groups excluding carboxylic acids is 2. The highest BCUT2D eigenvalue weighted by atomic mass is 16.5. The van der Waals surface area contributed by atoms with Gasteiger partial charge in [0.1, 0.15) is 0 Å². The molecule has 7 heteroatoms. The second kappa shape index (κ2) is 10.4. The highest BCUT2D eigenvalue weighted by Gasteiger charge is 2.14. The standard InChI is InChI=1S/C22H28N4O3/c1-29-22(28)24-18-12-10-17(11-13-18)16-23-21(27)25-19-8-4-5-9-20(19)26-14-6-2-3-7-15-26/h4-5,8-13H,2-3,6-7,14-16H2,1H3,(H,24,28)(H2,23,25,27). The van der Waals surface area contributed by atoms with E-state index in [-0.39, 0.29) is 6.03 Å². The summed E-state index contributed by atoms with van der Waals surface area (Å²) in [5, 5.41) is 8.45. The Morgan fingerprint density at radius 2 is 1.62 bits per heavy atom. The van der Waals surface area contributed by atoms with E-state index in [0.29, 0.717) is 12.2 Å². The lowest BCUT2D eigenvalue weighted by Gasteiger charge is -2.25. The van der Waals surface area contributed by atoms with Gasteiger partial charge in [-0.2, -0.15) is 0 Å². The Labute approximate surface area is 171 Å². The second-order valence-corrected chi connectivity index (χ2v) is 7.04. The molecule has 154 valence electrons. The Balaban J connectivity index is 1.55. The maximum atomic E-state index is 12.4. The summed E-state index contributed by atoms with van der Waals surface area (Å²) in [6, 6.07) is 14.9. The number of amides is 3. The molecule has 0 saturated carbocycles. The number of hydrogen-bond donors (Lipinski definition) is 3. The maximum Gasteiger partial charge on any atom is 0.411 e. The summed E-state index contributed by atoms with van der Waals surface area (Å²) in [5.74, 6) is 0. The van der Waals surface area contributed by atoms with Crippen LogP contribution in [0, 0.1) is 0 Å². The van der Waals surface area contributed by atoms with Crippen molar-refractivity contribution in [3.8, 4) is 0 Å². The first-order chi connectivity index (χ1) is 14.2. The Hall–Kier alpha value is -3.22. The van der Waals surface area contributed by atoms with E-state index in [1.807, 2.05) is 30.3 Å². The quantitative estimate of drug-likeness (QED) is 0.691. The molecule has 3 rings (SSSR count). The van der Waals surface area contributed by atoms with Gasteiger partial charge in [0.2, 0.25) is 0 Å². The molecule has 3 N–H and O–H groups in total. The van der Waals surface area contributed by atoms with E-state index in [9.17, 15) is 9.59 Å². The summed E-state index contributed by atoms with van der Waals surface area (Å²) in [6.07, 6.45) is 4.38. The van der Waals surface area contributed by atoms with Crippen LogP contribution in [0.15, 0.2) is 48.5 Å². The van der Waals surface area contributed by atoms with Crippen molar-refractivity contribution in [1.82, 2.24) is 5.32 Å². The van der Waals surface area contributed by atoms with Crippen molar-refractivity contribution in [2.45, 2.75) is 32.2 Å². The Bertz CT molecular complexity index is 815. The predicted octanol–water partition coefficient (Wildman–Crippen LogP) is 4.57. The fraction of sp³-hybridized carbons (Fsp3) is 0.364. The van der Waals surface area contributed by atoms with Crippen molar-refractivity contribution in [2.75, 3.05) is 35.7 Å². The molecule has 0 spiro atoms. The van der Waals surface area contributed by atoms with Gasteiger partial charge >= 0.3 is 12.1 Å². The minimum Gasteiger partial charge on any atom is -0.453 e. The van der Waals surface area contributed by atoms with Gasteiger partial charge in [0.05, 0.1) is 18.5 Å². The number of benzene rings is 2. The minimum atomic E-state index is -0.515. The van der Waals surface area contributed by atoms with Crippen molar-refractivity contribution < 1.29 is 14.3 Å². The molecule has 3 amide bonds. The summed E-state index contributed by atoms with van der Waals surface area (Å²) in [4.78, 5) is 26.0. The zero-order valence-corrected chi connectivity index (χ0v) is 16.7. The van der Waals surface area contributed by atoms with Gasteiger partial charge in [0, 0.05) is 25.3 Å². The molecule has 1 saturated heterocycles. The fourth-order valence-electron chi connectivity index (χ4n) is 3.39. The number of urea groups is 1. The topological polar surface area (TPSA) is 82.7 Å². The highest BCUT2D eigenvalue weighted by molar-refractivity contribution is 5.93. The van der Waals surface area contributed by atoms with Crippen LogP contribution in [0.3, 0.4) is 0 Å². The van der Waals surface area contributed by atoms with Crippen LogP contribution in [-0.2, 0) is 11.3 Å². The van der Waals surface area contributed by atoms with E-state index >= 15 is 0 Å². The molecule has 2 aromatic rings. The first-order valence-corrected chi connectivity index (χ1v) is 9.98. The van der Waals surface area contributed by atoms with Crippen LogP contribution in [0.25, 0.3) is 0 Å². The van der Waals surface area contributed by atoms with E-state index in [4.69, 9.17) is 0 Å². The first-order valence-electron chi connectivity index (χ1n) is 9.98. The molecule has 7 nitrogen and oxygen atoms in total. The lowest BCUT2D eigenvalue weighted by atomic mass is 10.2. The number of methoxy groups -OCH3 is 1. The van der Waals surface area contributed by atoms with Gasteiger partial charge in [0.25, 0.3) is 0 Å². The van der Waals surface area contributed by atoms with Crippen molar-refractivity contribution in [1.29, 1.82) is 0 Å². The van der Waals surface area contributed by atoms with E-state index in [1.165, 1.54) is 32.8 Å². The Morgan fingerprint density at radius 3 is 2.31 bits per heavy atom. The number of nitrogens with zero attached hydrogens (tertiary/aromatic N) is 1. The molecule has 0 aromatic heterocycles. The minimum absolute atomic E-state index is 0.246. The van der Waals surface area contributed by atoms with E-state index < -0.39 is 6.09 Å². The molecule has 1 heterocycles. The third kappa shape index (κ3) is 6.14. The van der Waals surface area contributed by atoms with E-state index in [0.717, 1.165) is 30.0 Å². The number of carbonyl (C=O) groups is 2. The van der Waals surface area contributed by atoms with Crippen LogP contribution in [-0.4, -0.2) is 32.3 Å². The second-order valence-electron chi connectivity index (χ2n) is 7.04. The van der Waals surface area contributed by atoms with Gasteiger partial charge in [-0.1, -0.05) is 37.1 Å². The maximum absolute atomic E-state index is 12.4. The van der Waals surface area contributed by atoms with Gasteiger partial charge in [-0.15, -0.1) is 0 Å². The van der Waals surface area contributed by atoms with Gasteiger partial charge in [-0.25, -0.2) is 9.59 Å². The first kappa shape index (κ1) is 20.5. The lowest BCUT2D eigenvalue weighted by molar-refractivity contribution is 0.187. The number of ether oxygens (including phenoxy) is 1. The summed E-state index contributed by atoms with van der Waals surface area (Å²) in [5.41, 5.74) is 3.46.